The van der Waals surface area contributed by atoms with Crippen LogP contribution in [0.25, 0.3) is 10.9 Å². The van der Waals surface area contributed by atoms with Crippen LogP contribution in [0.5, 0.6) is 5.75 Å². The van der Waals surface area contributed by atoms with E-state index in [1.165, 1.54) is 11.1 Å². The van der Waals surface area contributed by atoms with Crippen molar-refractivity contribution in [2.75, 3.05) is 37.4 Å². The first kappa shape index (κ1) is 30.9. The van der Waals surface area contributed by atoms with Crippen molar-refractivity contribution >= 4 is 34.4 Å². The Labute approximate surface area is 256 Å². The van der Waals surface area contributed by atoms with Crippen molar-refractivity contribution in [3.63, 3.8) is 0 Å². The lowest BCUT2D eigenvalue weighted by Crippen LogP contribution is -2.42. The second-order valence-corrected chi connectivity index (χ2v) is 13.4. The number of hydrogen-bond donors (Lipinski definition) is 3. The molecule has 2 heterocycles. The molecule has 1 aliphatic carbocycles. The first-order valence-corrected chi connectivity index (χ1v) is 15.7. The number of aryl methyl sites for hydroxylation is 2. The number of piperidine rings is 1. The molecule has 9 nitrogen and oxygen atoms in total. The molecule has 0 bridgehead atoms. The molecule has 0 atom stereocenters. The van der Waals surface area contributed by atoms with Gasteiger partial charge >= 0.3 is 6.09 Å². The number of nitrogens with zero attached hydrogens (tertiary/aromatic N) is 3. The van der Waals surface area contributed by atoms with E-state index in [0.717, 1.165) is 79.8 Å². The van der Waals surface area contributed by atoms with Crippen LogP contribution in [-0.2, 0) is 4.74 Å². The summed E-state index contributed by atoms with van der Waals surface area (Å²) in [5, 5.41) is 11.1. The minimum Gasteiger partial charge on any atom is -0.492 e. The topological polar surface area (TPSA) is 101 Å². The Balaban J connectivity index is 1.35. The monoisotopic (exact) mass is 588 g/mol. The number of ether oxygens (including phenoxy) is 2. The van der Waals surface area contributed by atoms with Crippen molar-refractivity contribution in [1.29, 1.82) is 0 Å². The largest absolute Gasteiger partial charge is 0.492 e. The van der Waals surface area contributed by atoms with Gasteiger partial charge in [-0.3, -0.25) is 0 Å². The molecule has 1 aromatic heterocycles. The van der Waals surface area contributed by atoms with Gasteiger partial charge in [0, 0.05) is 17.8 Å². The van der Waals surface area contributed by atoms with E-state index >= 15 is 0 Å². The van der Waals surface area contributed by atoms with Gasteiger partial charge in [0.05, 0.1) is 17.5 Å². The predicted molar refractivity (Wildman–Crippen MR) is 173 cm³/mol. The third kappa shape index (κ3) is 8.50. The average molecular weight is 589 g/mol. The van der Waals surface area contributed by atoms with Gasteiger partial charge in [0.15, 0.2) is 0 Å². The molecule has 0 spiro atoms. The molecule has 1 aliphatic heterocycles. The van der Waals surface area contributed by atoms with Crippen LogP contribution in [0.3, 0.4) is 0 Å². The van der Waals surface area contributed by atoms with Crippen LogP contribution in [0.1, 0.15) is 70.4 Å². The highest BCUT2D eigenvalue weighted by atomic mass is 16.6. The number of fused-ring (bicyclic) bond motifs is 1. The Morgan fingerprint density at radius 2 is 1.67 bits per heavy atom. The predicted octanol–water partition coefficient (Wildman–Crippen LogP) is 6.96. The van der Waals surface area contributed by atoms with Gasteiger partial charge in [-0.1, -0.05) is 12.1 Å². The van der Waals surface area contributed by atoms with E-state index in [1.807, 2.05) is 39.0 Å². The molecule has 5 rings (SSSR count). The Bertz CT molecular complexity index is 1410. The third-order valence-electron chi connectivity index (χ3n) is 8.55. The van der Waals surface area contributed by atoms with Crippen molar-refractivity contribution in [2.45, 2.75) is 90.8 Å². The molecule has 9 heteroatoms. The number of aromatic nitrogens is 2. The smallest absolute Gasteiger partial charge is 0.407 e. The number of anilines is 3. The van der Waals surface area contributed by atoms with E-state index in [9.17, 15) is 4.79 Å². The highest BCUT2D eigenvalue weighted by molar-refractivity contribution is 5.95. The zero-order valence-corrected chi connectivity index (χ0v) is 26.6. The van der Waals surface area contributed by atoms with Gasteiger partial charge < -0.3 is 30.3 Å². The number of hydrogen-bond acceptors (Lipinski definition) is 8. The van der Waals surface area contributed by atoms with Gasteiger partial charge in [-0.25, -0.2) is 9.78 Å². The van der Waals surface area contributed by atoms with Crippen molar-refractivity contribution in [2.24, 2.45) is 5.92 Å². The number of rotatable bonds is 8. The van der Waals surface area contributed by atoms with Crippen LogP contribution in [0.2, 0.25) is 0 Å². The number of likely N-dealkylation sites (tertiary alicyclic amines) is 1. The molecular formula is C34H48N6O3. The standard InChI is InChI=1S/C34H48N6O3/c1-22-10-11-27(20-23(22)2)36-32-38-28-8-7-9-29(42-21-24-16-18-40(6)19-17-24)30(28)31(39-32)35-25-12-14-26(15-13-25)37-33(41)43-34(3,4)5/h7-11,20,24-26H,12-19,21H2,1-6H3,(H,37,41)(H2,35,36,38,39). The van der Waals surface area contributed by atoms with Gasteiger partial charge in [-0.2, -0.15) is 4.98 Å². The summed E-state index contributed by atoms with van der Waals surface area (Å²) in [4.78, 5) is 24.6. The number of carbonyl (C=O) groups is 1. The fraction of sp³-hybridized carbons (Fsp3) is 0.559. The lowest BCUT2D eigenvalue weighted by molar-refractivity contribution is 0.0492. The Hall–Kier alpha value is -3.59. The number of nitrogens with one attached hydrogen (secondary N) is 3. The molecule has 232 valence electrons. The normalized spacial score (nSPS) is 20.0. The van der Waals surface area contributed by atoms with Crippen LogP contribution in [0, 0.1) is 19.8 Å². The Kier molecular flexibility index (Phi) is 9.59. The summed E-state index contributed by atoms with van der Waals surface area (Å²) >= 11 is 0. The molecule has 2 aromatic carbocycles. The van der Waals surface area contributed by atoms with Gasteiger partial charge in [-0.05, 0) is 135 Å². The van der Waals surface area contributed by atoms with E-state index < -0.39 is 5.60 Å². The van der Waals surface area contributed by atoms with E-state index in [2.05, 4.69) is 59.9 Å². The maximum absolute atomic E-state index is 12.3. The third-order valence-corrected chi connectivity index (χ3v) is 8.55. The van der Waals surface area contributed by atoms with Crippen LogP contribution in [0.15, 0.2) is 36.4 Å². The minimum atomic E-state index is -0.507. The molecular weight excluding hydrogens is 540 g/mol. The van der Waals surface area contributed by atoms with Crippen molar-refractivity contribution in [1.82, 2.24) is 20.2 Å². The zero-order valence-electron chi connectivity index (χ0n) is 26.6. The quantitative estimate of drug-likeness (QED) is 0.260. The van der Waals surface area contributed by atoms with Crippen LogP contribution in [-0.4, -0.2) is 65.4 Å². The maximum atomic E-state index is 12.3. The first-order valence-electron chi connectivity index (χ1n) is 15.7. The van der Waals surface area contributed by atoms with Gasteiger partial charge in [0.2, 0.25) is 5.95 Å². The lowest BCUT2D eigenvalue weighted by Gasteiger charge is -2.31. The van der Waals surface area contributed by atoms with Crippen LogP contribution >= 0.6 is 0 Å². The molecule has 1 saturated heterocycles. The summed E-state index contributed by atoms with van der Waals surface area (Å²) in [6.07, 6.45) is 5.50. The Morgan fingerprint density at radius 1 is 0.953 bits per heavy atom. The van der Waals surface area contributed by atoms with Gasteiger partial charge in [0.1, 0.15) is 17.2 Å². The molecule has 3 aromatic rings. The molecule has 0 radical (unpaired) electrons. The van der Waals surface area contributed by atoms with Crippen molar-refractivity contribution in [3.05, 3.63) is 47.5 Å². The van der Waals surface area contributed by atoms with Crippen LogP contribution < -0.4 is 20.7 Å². The molecule has 43 heavy (non-hydrogen) atoms. The lowest BCUT2D eigenvalue weighted by atomic mass is 9.91. The number of benzene rings is 2. The minimum absolute atomic E-state index is 0.102. The van der Waals surface area contributed by atoms with E-state index in [1.54, 1.807) is 0 Å². The molecule has 1 saturated carbocycles. The number of alkyl carbamates (subject to hydrolysis) is 1. The SMILES string of the molecule is Cc1ccc(Nc2nc(NC3CCC(NC(=O)OC(C)(C)C)CC3)c3c(OCC4CCN(C)CC4)cccc3n2)cc1C. The fourth-order valence-electron chi connectivity index (χ4n) is 5.87. The fourth-order valence-corrected chi connectivity index (χ4v) is 5.87. The van der Waals surface area contributed by atoms with Gasteiger partial charge in [0.25, 0.3) is 0 Å². The van der Waals surface area contributed by atoms with E-state index in [-0.39, 0.29) is 18.2 Å². The number of carbonyl (C=O) groups excluding carboxylic acids is 1. The Morgan fingerprint density at radius 3 is 2.37 bits per heavy atom. The summed E-state index contributed by atoms with van der Waals surface area (Å²) < 4.78 is 12.0. The number of amides is 1. The molecule has 1 amide bonds. The van der Waals surface area contributed by atoms with E-state index in [0.29, 0.717) is 18.5 Å². The second kappa shape index (κ2) is 13.4. The molecule has 2 fully saturated rings. The summed E-state index contributed by atoms with van der Waals surface area (Å²) in [5.74, 6) is 2.68. The summed E-state index contributed by atoms with van der Waals surface area (Å²) in [5.41, 5.74) is 3.75. The van der Waals surface area contributed by atoms with Crippen LogP contribution in [0.4, 0.5) is 22.2 Å². The summed E-state index contributed by atoms with van der Waals surface area (Å²) in [6, 6.07) is 12.7. The second-order valence-electron chi connectivity index (χ2n) is 13.4. The zero-order chi connectivity index (χ0) is 30.6. The molecule has 3 N–H and O–H groups in total. The highest BCUT2D eigenvalue weighted by Gasteiger charge is 2.26. The molecule has 2 aliphatic rings. The average Bonchev–Trinajstić information content (AvgIpc) is 2.94. The molecule has 0 unspecified atom stereocenters. The first-order chi connectivity index (χ1) is 20.5. The maximum Gasteiger partial charge on any atom is 0.407 e. The van der Waals surface area contributed by atoms with Crippen molar-refractivity contribution < 1.29 is 14.3 Å². The van der Waals surface area contributed by atoms with Gasteiger partial charge in [-0.15, -0.1) is 0 Å². The van der Waals surface area contributed by atoms with Crippen molar-refractivity contribution in [3.8, 4) is 5.75 Å². The summed E-state index contributed by atoms with van der Waals surface area (Å²) in [6.45, 7) is 12.8. The van der Waals surface area contributed by atoms with E-state index in [4.69, 9.17) is 19.4 Å². The highest BCUT2D eigenvalue weighted by Crippen LogP contribution is 2.35. The summed E-state index contributed by atoms with van der Waals surface area (Å²) in [7, 11) is 2.18.